The molecular weight excluding hydrogens is 387 g/mol. The average molecular weight is 412 g/mol. The third-order valence-corrected chi connectivity index (χ3v) is 5.77. The molecule has 1 aliphatic heterocycles. The lowest BCUT2D eigenvalue weighted by Crippen LogP contribution is -2.58. The Morgan fingerprint density at radius 1 is 1.13 bits per heavy atom. The number of carbonyl (C=O) groups excluding carboxylic acids is 2. The topological polar surface area (TPSA) is 81.9 Å². The lowest BCUT2D eigenvalue weighted by atomic mass is 9.95. The van der Waals surface area contributed by atoms with Crippen LogP contribution in [-0.4, -0.2) is 48.6 Å². The zero-order valence-corrected chi connectivity index (χ0v) is 16.7. The third kappa shape index (κ3) is 4.46. The van der Waals surface area contributed by atoms with E-state index in [1.807, 2.05) is 12.1 Å². The molecular formula is C23H25FN2O4. The van der Waals surface area contributed by atoms with Crippen LogP contribution in [0.15, 0.2) is 48.5 Å². The standard InChI is InChI=1S/C23H25FN2O4/c24-19-5-7-20(8-6-19)29-15-23(13-21(25)27)14-26(9-10-30-23)22(28)18-11-16-3-1-2-4-17(16)12-18/h1-8,18H,9-15H2,(H2,25,27)/t23-/m1/s1. The Balaban J connectivity index is 1.46. The van der Waals surface area contributed by atoms with Gasteiger partial charge in [0.1, 0.15) is 23.8 Å². The largest absolute Gasteiger partial charge is 0.490 e. The van der Waals surface area contributed by atoms with E-state index >= 15 is 0 Å². The minimum absolute atomic E-state index is 0.0379. The van der Waals surface area contributed by atoms with Crippen LogP contribution in [0.5, 0.6) is 5.75 Å². The summed E-state index contributed by atoms with van der Waals surface area (Å²) in [4.78, 5) is 26.7. The molecule has 2 aromatic carbocycles. The number of hydrogen-bond acceptors (Lipinski definition) is 4. The minimum atomic E-state index is -1.03. The van der Waals surface area contributed by atoms with Gasteiger partial charge in [-0.25, -0.2) is 4.39 Å². The second-order valence-corrected chi connectivity index (χ2v) is 8.05. The number of carbonyl (C=O) groups is 2. The van der Waals surface area contributed by atoms with Crippen molar-refractivity contribution in [3.63, 3.8) is 0 Å². The van der Waals surface area contributed by atoms with Gasteiger partial charge >= 0.3 is 0 Å². The average Bonchev–Trinajstić information content (AvgIpc) is 3.17. The van der Waals surface area contributed by atoms with Crippen molar-refractivity contribution >= 4 is 11.8 Å². The summed E-state index contributed by atoms with van der Waals surface area (Å²) >= 11 is 0. The predicted octanol–water partition coefficient (Wildman–Crippen LogP) is 2.09. The maximum absolute atomic E-state index is 13.2. The highest BCUT2D eigenvalue weighted by molar-refractivity contribution is 5.81. The van der Waals surface area contributed by atoms with Crippen LogP contribution >= 0.6 is 0 Å². The maximum Gasteiger partial charge on any atom is 0.226 e. The van der Waals surface area contributed by atoms with Crippen molar-refractivity contribution in [2.45, 2.75) is 24.9 Å². The van der Waals surface area contributed by atoms with Crippen LogP contribution in [0.1, 0.15) is 17.5 Å². The molecule has 1 atom stereocenters. The zero-order chi connectivity index (χ0) is 21.1. The number of rotatable bonds is 6. The summed E-state index contributed by atoms with van der Waals surface area (Å²) in [5, 5.41) is 0. The molecule has 6 nitrogen and oxygen atoms in total. The molecule has 0 bridgehead atoms. The molecule has 2 aromatic rings. The van der Waals surface area contributed by atoms with Crippen LogP contribution in [0, 0.1) is 11.7 Å². The SMILES string of the molecule is NC(=O)C[C@]1(COc2ccc(F)cc2)CN(C(=O)C2Cc3ccccc3C2)CCO1. The molecule has 0 spiro atoms. The van der Waals surface area contributed by atoms with Crippen molar-refractivity contribution in [1.29, 1.82) is 0 Å². The van der Waals surface area contributed by atoms with Crippen molar-refractivity contribution in [2.24, 2.45) is 11.7 Å². The Bertz CT molecular complexity index is 908. The Morgan fingerprint density at radius 2 is 1.80 bits per heavy atom. The molecule has 1 aliphatic carbocycles. The summed E-state index contributed by atoms with van der Waals surface area (Å²) in [6.45, 7) is 1.02. The first-order valence-electron chi connectivity index (χ1n) is 10.1. The van der Waals surface area contributed by atoms with Crippen molar-refractivity contribution in [1.82, 2.24) is 4.90 Å². The zero-order valence-electron chi connectivity index (χ0n) is 16.7. The smallest absolute Gasteiger partial charge is 0.226 e. The van der Waals surface area contributed by atoms with E-state index in [1.54, 1.807) is 4.90 Å². The van der Waals surface area contributed by atoms with Gasteiger partial charge in [-0.2, -0.15) is 0 Å². The summed E-state index contributed by atoms with van der Waals surface area (Å²) in [5.41, 5.74) is 6.87. The monoisotopic (exact) mass is 412 g/mol. The van der Waals surface area contributed by atoms with E-state index in [1.165, 1.54) is 35.4 Å². The Morgan fingerprint density at radius 3 is 2.43 bits per heavy atom. The molecule has 1 heterocycles. The van der Waals surface area contributed by atoms with Gasteiger partial charge in [0.05, 0.1) is 19.6 Å². The van der Waals surface area contributed by atoms with Crippen LogP contribution in [0.2, 0.25) is 0 Å². The molecule has 0 saturated carbocycles. The molecule has 2 amide bonds. The summed E-state index contributed by atoms with van der Waals surface area (Å²) in [7, 11) is 0. The molecule has 7 heteroatoms. The number of benzene rings is 2. The molecule has 0 unspecified atom stereocenters. The van der Waals surface area contributed by atoms with Gasteiger partial charge in [-0.1, -0.05) is 24.3 Å². The lowest BCUT2D eigenvalue weighted by Gasteiger charge is -2.42. The van der Waals surface area contributed by atoms with Gasteiger partial charge in [0.2, 0.25) is 11.8 Å². The molecule has 2 aliphatic rings. The number of amides is 2. The van der Waals surface area contributed by atoms with Gasteiger partial charge in [0.15, 0.2) is 0 Å². The molecule has 158 valence electrons. The van der Waals surface area contributed by atoms with Crippen molar-refractivity contribution in [2.75, 3.05) is 26.3 Å². The highest BCUT2D eigenvalue weighted by Crippen LogP contribution is 2.30. The lowest BCUT2D eigenvalue weighted by molar-refractivity contribution is -0.164. The van der Waals surface area contributed by atoms with E-state index in [9.17, 15) is 14.0 Å². The minimum Gasteiger partial charge on any atom is -0.490 e. The van der Waals surface area contributed by atoms with Gasteiger partial charge in [-0.3, -0.25) is 9.59 Å². The highest BCUT2D eigenvalue weighted by Gasteiger charge is 2.42. The van der Waals surface area contributed by atoms with E-state index in [-0.39, 0.29) is 37.2 Å². The molecule has 2 N–H and O–H groups in total. The van der Waals surface area contributed by atoms with E-state index in [0.29, 0.717) is 18.9 Å². The quantitative estimate of drug-likeness (QED) is 0.788. The second kappa shape index (κ2) is 8.44. The van der Waals surface area contributed by atoms with Crippen LogP contribution in [-0.2, 0) is 27.2 Å². The van der Waals surface area contributed by atoms with Gasteiger partial charge in [0.25, 0.3) is 0 Å². The Hall–Kier alpha value is -2.93. The van der Waals surface area contributed by atoms with Crippen molar-refractivity contribution in [3.05, 3.63) is 65.5 Å². The third-order valence-electron chi connectivity index (χ3n) is 5.77. The first kappa shape index (κ1) is 20.3. The summed E-state index contributed by atoms with van der Waals surface area (Å²) in [6.07, 6.45) is 1.38. The second-order valence-electron chi connectivity index (χ2n) is 8.05. The molecule has 0 aromatic heterocycles. The van der Waals surface area contributed by atoms with E-state index in [0.717, 1.165) is 12.8 Å². The molecule has 30 heavy (non-hydrogen) atoms. The number of nitrogens with zero attached hydrogens (tertiary/aromatic N) is 1. The van der Waals surface area contributed by atoms with Gasteiger partial charge in [-0.05, 0) is 48.2 Å². The fourth-order valence-corrected chi connectivity index (χ4v) is 4.33. The Labute approximate surface area is 174 Å². The van der Waals surface area contributed by atoms with Crippen LogP contribution in [0.3, 0.4) is 0 Å². The van der Waals surface area contributed by atoms with E-state index in [2.05, 4.69) is 12.1 Å². The highest BCUT2D eigenvalue weighted by atomic mass is 19.1. The summed E-state index contributed by atoms with van der Waals surface area (Å²) < 4.78 is 24.8. The van der Waals surface area contributed by atoms with Crippen LogP contribution in [0.25, 0.3) is 0 Å². The first-order chi connectivity index (χ1) is 14.4. The van der Waals surface area contributed by atoms with Crippen LogP contribution < -0.4 is 10.5 Å². The Kier molecular flexibility index (Phi) is 5.72. The maximum atomic E-state index is 13.2. The molecule has 0 radical (unpaired) electrons. The van der Waals surface area contributed by atoms with Crippen molar-refractivity contribution in [3.8, 4) is 5.75 Å². The number of hydrogen-bond donors (Lipinski definition) is 1. The number of primary amides is 1. The molecule has 1 fully saturated rings. The summed E-state index contributed by atoms with van der Waals surface area (Å²) in [6, 6.07) is 13.7. The predicted molar refractivity (Wildman–Crippen MR) is 108 cm³/mol. The molecule has 1 saturated heterocycles. The molecule has 4 rings (SSSR count). The fourth-order valence-electron chi connectivity index (χ4n) is 4.33. The van der Waals surface area contributed by atoms with Gasteiger partial charge in [-0.15, -0.1) is 0 Å². The first-order valence-corrected chi connectivity index (χ1v) is 10.1. The number of nitrogens with two attached hydrogens (primary N) is 1. The van der Waals surface area contributed by atoms with E-state index < -0.39 is 11.5 Å². The number of fused-ring (bicyclic) bond motifs is 1. The number of morpholine rings is 1. The summed E-state index contributed by atoms with van der Waals surface area (Å²) in [5.74, 6) is -0.480. The number of halogens is 1. The number of ether oxygens (including phenoxy) is 2. The fraction of sp³-hybridized carbons (Fsp3) is 0.391. The van der Waals surface area contributed by atoms with Crippen molar-refractivity contribution < 1.29 is 23.5 Å². The van der Waals surface area contributed by atoms with Gasteiger partial charge in [0, 0.05) is 12.5 Å². The normalized spacial score (nSPS) is 21.3. The van der Waals surface area contributed by atoms with E-state index in [4.69, 9.17) is 15.2 Å². The van der Waals surface area contributed by atoms with Crippen LogP contribution in [0.4, 0.5) is 4.39 Å². The van der Waals surface area contributed by atoms with Gasteiger partial charge < -0.3 is 20.1 Å².